The fraction of sp³-hybridized carbons (Fsp3) is 0.316. The molecule has 1 amide bonds. The number of carbonyl (C=O) groups is 1. The van der Waals surface area contributed by atoms with E-state index in [4.69, 9.17) is 9.47 Å². The summed E-state index contributed by atoms with van der Waals surface area (Å²) in [7, 11) is 1.61. The van der Waals surface area contributed by atoms with Gasteiger partial charge in [0.25, 0.3) is 5.91 Å². The van der Waals surface area contributed by atoms with E-state index in [0.717, 1.165) is 24.2 Å². The van der Waals surface area contributed by atoms with Crippen molar-refractivity contribution in [2.75, 3.05) is 20.3 Å². The zero-order valence-corrected chi connectivity index (χ0v) is 14.5. The van der Waals surface area contributed by atoms with Gasteiger partial charge in [-0.1, -0.05) is 24.3 Å². The third-order valence-electron chi connectivity index (χ3n) is 4.46. The molecule has 2 aromatic carbocycles. The summed E-state index contributed by atoms with van der Waals surface area (Å²) >= 11 is 0. The van der Waals surface area contributed by atoms with E-state index in [9.17, 15) is 14.9 Å². The molecule has 0 N–H and O–H groups in total. The fourth-order valence-electron chi connectivity index (χ4n) is 3.21. The Morgan fingerprint density at radius 1 is 1.27 bits per heavy atom. The van der Waals surface area contributed by atoms with Gasteiger partial charge in [0.2, 0.25) is 0 Å². The summed E-state index contributed by atoms with van der Waals surface area (Å²) in [5.41, 5.74) is 0.868. The Morgan fingerprint density at radius 3 is 2.85 bits per heavy atom. The quantitative estimate of drug-likeness (QED) is 0.586. The van der Waals surface area contributed by atoms with Gasteiger partial charge in [0.1, 0.15) is 5.75 Å². The summed E-state index contributed by atoms with van der Waals surface area (Å²) in [5, 5.41) is 11.0. The van der Waals surface area contributed by atoms with E-state index in [1.807, 2.05) is 24.3 Å². The molecule has 1 atom stereocenters. The van der Waals surface area contributed by atoms with Crippen LogP contribution >= 0.6 is 0 Å². The van der Waals surface area contributed by atoms with E-state index in [2.05, 4.69) is 0 Å². The van der Waals surface area contributed by atoms with Gasteiger partial charge >= 0.3 is 5.69 Å². The van der Waals surface area contributed by atoms with Gasteiger partial charge in [0, 0.05) is 12.6 Å². The van der Waals surface area contributed by atoms with Crippen LogP contribution in [0.3, 0.4) is 0 Å². The minimum absolute atomic E-state index is 0.0352. The largest absolute Gasteiger partial charge is 0.497 e. The molecule has 0 radical (unpaired) electrons. The summed E-state index contributed by atoms with van der Waals surface area (Å²) in [6, 6.07) is 13.7. The second-order valence-corrected chi connectivity index (χ2v) is 6.04. The molecule has 26 heavy (non-hydrogen) atoms. The maximum absolute atomic E-state index is 12.6. The lowest BCUT2D eigenvalue weighted by molar-refractivity contribution is -0.385. The first-order chi connectivity index (χ1) is 12.6. The van der Waals surface area contributed by atoms with Crippen molar-refractivity contribution < 1.29 is 19.2 Å². The van der Waals surface area contributed by atoms with Crippen LogP contribution in [0.1, 0.15) is 24.4 Å². The maximum atomic E-state index is 12.6. The Balaban J connectivity index is 1.70. The first-order valence-electron chi connectivity index (χ1n) is 8.40. The molecule has 1 unspecified atom stereocenters. The number of amides is 1. The van der Waals surface area contributed by atoms with Crippen LogP contribution in [-0.4, -0.2) is 36.0 Å². The molecule has 7 nitrogen and oxygen atoms in total. The highest BCUT2D eigenvalue weighted by molar-refractivity contribution is 5.78. The van der Waals surface area contributed by atoms with Crippen molar-refractivity contribution in [3.63, 3.8) is 0 Å². The van der Waals surface area contributed by atoms with Crippen molar-refractivity contribution in [1.29, 1.82) is 0 Å². The highest BCUT2D eigenvalue weighted by Gasteiger charge is 2.30. The Kier molecular flexibility index (Phi) is 5.36. The number of hydrogen-bond donors (Lipinski definition) is 0. The number of nitrogens with zero attached hydrogens (tertiary/aromatic N) is 2. The Labute approximate surface area is 151 Å². The molecule has 0 saturated carbocycles. The van der Waals surface area contributed by atoms with Crippen molar-refractivity contribution in [2.24, 2.45) is 0 Å². The molecule has 1 heterocycles. The lowest BCUT2D eigenvalue weighted by atomic mass is 10.0. The third-order valence-corrected chi connectivity index (χ3v) is 4.46. The van der Waals surface area contributed by atoms with Crippen LogP contribution < -0.4 is 9.47 Å². The van der Waals surface area contributed by atoms with E-state index in [1.165, 1.54) is 12.1 Å². The number of carbonyl (C=O) groups excluding carboxylic acids is 1. The van der Waals surface area contributed by atoms with Gasteiger partial charge in [-0.25, -0.2) is 0 Å². The van der Waals surface area contributed by atoms with Gasteiger partial charge in [-0.15, -0.1) is 0 Å². The molecule has 1 saturated heterocycles. The second-order valence-electron chi connectivity index (χ2n) is 6.04. The number of nitro benzene ring substituents is 1. The highest BCUT2D eigenvalue weighted by atomic mass is 16.6. The number of para-hydroxylation sites is 2. The molecule has 2 aromatic rings. The number of likely N-dealkylation sites (tertiary alicyclic amines) is 1. The molecule has 1 fully saturated rings. The average Bonchev–Trinajstić information content (AvgIpc) is 3.16. The predicted octanol–water partition coefficient (Wildman–Crippen LogP) is 3.35. The Morgan fingerprint density at radius 2 is 2.08 bits per heavy atom. The molecular weight excluding hydrogens is 336 g/mol. The van der Waals surface area contributed by atoms with E-state index in [-0.39, 0.29) is 30.0 Å². The van der Waals surface area contributed by atoms with Gasteiger partial charge in [0.05, 0.1) is 18.1 Å². The van der Waals surface area contributed by atoms with Crippen LogP contribution in [0.5, 0.6) is 11.5 Å². The standard InChI is InChI=1S/C19H20N2O5/c1-25-15-7-4-6-14(12-15)16-9-5-11-20(16)19(22)13-26-18-10-3-2-8-17(18)21(23)24/h2-4,6-8,10,12,16H,5,9,11,13H2,1H3. The van der Waals surface area contributed by atoms with Crippen molar-refractivity contribution in [3.05, 3.63) is 64.2 Å². The van der Waals surface area contributed by atoms with Crippen LogP contribution in [0.4, 0.5) is 5.69 Å². The summed E-state index contributed by atoms with van der Waals surface area (Å²) in [6.45, 7) is 0.409. The molecule has 7 heteroatoms. The van der Waals surface area contributed by atoms with Crippen molar-refractivity contribution in [1.82, 2.24) is 4.90 Å². The summed E-state index contributed by atoms with van der Waals surface area (Å²) in [4.78, 5) is 24.9. The minimum Gasteiger partial charge on any atom is -0.497 e. The molecule has 0 aromatic heterocycles. The Bertz CT molecular complexity index is 808. The average molecular weight is 356 g/mol. The van der Waals surface area contributed by atoms with E-state index in [0.29, 0.717) is 6.54 Å². The van der Waals surface area contributed by atoms with Crippen LogP contribution in [0.2, 0.25) is 0 Å². The minimum atomic E-state index is -0.519. The van der Waals surface area contributed by atoms with Gasteiger partial charge in [-0.3, -0.25) is 14.9 Å². The van der Waals surface area contributed by atoms with E-state index < -0.39 is 4.92 Å². The third kappa shape index (κ3) is 3.77. The highest BCUT2D eigenvalue weighted by Crippen LogP contribution is 2.34. The van der Waals surface area contributed by atoms with Crippen molar-refractivity contribution >= 4 is 11.6 Å². The molecule has 1 aliphatic heterocycles. The number of ether oxygens (including phenoxy) is 2. The van der Waals surface area contributed by atoms with Crippen LogP contribution in [0.15, 0.2) is 48.5 Å². The zero-order valence-electron chi connectivity index (χ0n) is 14.5. The lowest BCUT2D eigenvalue weighted by Crippen LogP contribution is -2.34. The first kappa shape index (κ1) is 17.7. The monoisotopic (exact) mass is 356 g/mol. The molecule has 0 aliphatic carbocycles. The number of nitro groups is 1. The Hall–Kier alpha value is -3.09. The lowest BCUT2D eigenvalue weighted by Gasteiger charge is -2.25. The number of benzene rings is 2. The molecule has 1 aliphatic rings. The molecule has 136 valence electrons. The molecule has 3 rings (SSSR count). The topological polar surface area (TPSA) is 81.9 Å². The second kappa shape index (κ2) is 7.86. The van der Waals surface area contributed by atoms with Gasteiger partial charge in [0.15, 0.2) is 12.4 Å². The summed E-state index contributed by atoms with van der Waals surface area (Å²) < 4.78 is 10.7. The number of rotatable bonds is 6. The number of methoxy groups -OCH3 is 1. The normalized spacial score (nSPS) is 16.3. The van der Waals surface area contributed by atoms with Crippen molar-refractivity contribution in [3.8, 4) is 11.5 Å². The smallest absolute Gasteiger partial charge is 0.310 e. The fourth-order valence-corrected chi connectivity index (χ4v) is 3.21. The predicted molar refractivity (Wildman–Crippen MR) is 95.3 cm³/mol. The zero-order chi connectivity index (χ0) is 18.5. The molecule has 0 spiro atoms. The number of hydrogen-bond acceptors (Lipinski definition) is 5. The van der Waals surface area contributed by atoms with Crippen LogP contribution in [0, 0.1) is 10.1 Å². The maximum Gasteiger partial charge on any atom is 0.310 e. The van der Waals surface area contributed by atoms with Gasteiger partial charge in [-0.2, -0.15) is 0 Å². The van der Waals surface area contributed by atoms with Crippen molar-refractivity contribution in [2.45, 2.75) is 18.9 Å². The van der Waals surface area contributed by atoms with Crippen LogP contribution in [0.25, 0.3) is 0 Å². The van der Waals surface area contributed by atoms with Gasteiger partial charge in [-0.05, 0) is 36.6 Å². The summed E-state index contributed by atoms with van der Waals surface area (Å²) in [5.74, 6) is 0.661. The first-order valence-corrected chi connectivity index (χ1v) is 8.40. The SMILES string of the molecule is COc1cccc(C2CCCN2C(=O)COc2ccccc2[N+](=O)[O-])c1. The van der Waals surface area contributed by atoms with Crippen LogP contribution in [-0.2, 0) is 4.79 Å². The van der Waals surface area contributed by atoms with E-state index in [1.54, 1.807) is 24.1 Å². The molecule has 0 bridgehead atoms. The van der Waals surface area contributed by atoms with E-state index >= 15 is 0 Å². The summed E-state index contributed by atoms with van der Waals surface area (Å²) in [6.07, 6.45) is 1.77. The van der Waals surface area contributed by atoms with Gasteiger partial charge < -0.3 is 14.4 Å². The molecular formula is C19H20N2O5.